The molecule has 0 aromatic heterocycles. The van der Waals surface area contributed by atoms with E-state index in [0.717, 1.165) is 12.8 Å². The Morgan fingerprint density at radius 2 is 1.86 bits per heavy atom. The molecule has 2 rings (SSSR count). The van der Waals surface area contributed by atoms with Gasteiger partial charge in [-0.2, -0.15) is 0 Å². The van der Waals surface area contributed by atoms with Crippen LogP contribution in [0.15, 0.2) is 0 Å². The van der Waals surface area contributed by atoms with Gasteiger partial charge in [0.25, 0.3) is 0 Å². The second kappa shape index (κ2) is 5.59. The summed E-state index contributed by atoms with van der Waals surface area (Å²) >= 11 is 0. The lowest BCUT2D eigenvalue weighted by Gasteiger charge is -2.54. The van der Waals surface area contributed by atoms with Gasteiger partial charge in [0.1, 0.15) is 11.6 Å². The Hall–Kier alpha value is -1.10. The van der Waals surface area contributed by atoms with Crippen LogP contribution in [0.1, 0.15) is 53.9 Å². The van der Waals surface area contributed by atoms with E-state index in [1.165, 1.54) is 0 Å². The lowest BCUT2D eigenvalue weighted by atomic mass is 9.80. The quantitative estimate of drug-likeness (QED) is 0.862. The zero-order chi connectivity index (χ0) is 15.8. The van der Waals surface area contributed by atoms with Crippen molar-refractivity contribution < 1.29 is 14.3 Å². The van der Waals surface area contributed by atoms with E-state index in [0.29, 0.717) is 19.6 Å². The number of carbonyl (C=O) groups excluding carboxylic acids is 2. The summed E-state index contributed by atoms with van der Waals surface area (Å²) in [6.07, 6.45) is 2.18. The maximum atomic E-state index is 13.1. The molecule has 0 spiro atoms. The number of hydrogen-bond acceptors (Lipinski definition) is 3. The van der Waals surface area contributed by atoms with Crippen LogP contribution in [0, 0.1) is 5.92 Å². The van der Waals surface area contributed by atoms with Crippen molar-refractivity contribution in [2.75, 3.05) is 13.2 Å². The largest absolute Gasteiger partial charge is 0.381 e. The monoisotopic (exact) mass is 296 g/mol. The molecule has 0 aromatic carbocycles. The van der Waals surface area contributed by atoms with Crippen LogP contribution in [-0.4, -0.2) is 47.0 Å². The van der Waals surface area contributed by atoms with Crippen molar-refractivity contribution in [2.24, 2.45) is 5.92 Å². The minimum Gasteiger partial charge on any atom is -0.381 e. The molecular formula is C16H28N2O3. The highest BCUT2D eigenvalue weighted by Gasteiger charge is 2.53. The number of amides is 2. The van der Waals surface area contributed by atoms with Gasteiger partial charge < -0.3 is 15.0 Å². The first-order valence-corrected chi connectivity index (χ1v) is 7.99. The first kappa shape index (κ1) is 16.3. The fourth-order valence-corrected chi connectivity index (χ4v) is 3.38. The molecule has 0 aliphatic carbocycles. The van der Waals surface area contributed by atoms with Crippen molar-refractivity contribution in [1.82, 2.24) is 10.2 Å². The maximum Gasteiger partial charge on any atom is 0.249 e. The highest BCUT2D eigenvalue weighted by molar-refractivity contribution is 6.00. The van der Waals surface area contributed by atoms with Crippen molar-refractivity contribution in [2.45, 2.75) is 71.0 Å². The van der Waals surface area contributed by atoms with E-state index in [1.807, 2.05) is 32.6 Å². The van der Waals surface area contributed by atoms with Crippen molar-refractivity contribution in [1.29, 1.82) is 0 Å². The van der Waals surface area contributed by atoms with Gasteiger partial charge in [0.15, 0.2) is 0 Å². The lowest BCUT2D eigenvalue weighted by molar-refractivity contribution is -0.168. The molecule has 0 aromatic rings. The number of rotatable bonds is 3. The summed E-state index contributed by atoms with van der Waals surface area (Å²) in [5.41, 5.74) is -1.08. The average molecular weight is 296 g/mol. The van der Waals surface area contributed by atoms with Crippen LogP contribution in [0.3, 0.4) is 0 Å². The number of nitrogens with zero attached hydrogens (tertiary/aromatic N) is 1. The van der Waals surface area contributed by atoms with Gasteiger partial charge >= 0.3 is 0 Å². The minimum atomic E-state index is -0.788. The summed E-state index contributed by atoms with van der Waals surface area (Å²) < 4.78 is 5.45. The molecule has 2 aliphatic rings. The highest BCUT2D eigenvalue weighted by Crippen LogP contribution is 2.36. The van der Waals surface area contributed by atoms with Gasteiger partial charge in [-0.25, -0.2) is 0 Å². The summed E-state index contributed by atoms with van der Waals surface area (Å²) in [6.45, 7) is 11.2. The van der Waals surface area contributed by atoms with Gasteiger partial charge in [-0.05, 0) is 39.0 Å². The zero-order valence-corrected chi connectivity index (χ0v) is 13.9. The number of carbonyl (C=O) groups is 2. The van der Waals surface area contributed by atoms with E-state index in [1.54, 1.807) is 0 Å². The van der Waals surface area contributed by atoms with E-state index in [2.05, 4.69) is 12.2 Å². The first-order chi connectivity index (χ1) is 9.75. The topological polar surface area (TPSA) is 58.6 Å². The normalized spacial score (nSPS) is 33.2. The zero-order valence-electron chi connectivity index (χ0n) is 13.9. The lowest BCUT2D eigenvalue weighted by Crippen LogP contribution is -2.74. The Balaban J connectivity index is 2.43. The Kier molecular flexibility index (Phi) is 4.34. The van der Waals surface area contributed by atoms with Crippen molar-refractivity contribution in [3.63, 3.8) is 0 Å². The van der Waals surface area contributed by atoms with Crippen molar-refractivity contribution in [3.05, 3.63) is 0 Å². The summed E-state index contributed by atoms with van der Waals surface area (Å²) in [4.78, 5) is 27.6. The third-order valence-corrected chi connectivity index (χ3v) is 5.13. The maximum absolute atomic E-state index is 13.1. The molecule has 5 heteroatoms. The van der Waals surface area contributed by atoms with Crippen LogP contribution in [0.5, 0.6) is 0 Å². The van der Waals surface area contributed by atoms with Gasteiger partial charge in [-0.3, -0.25) is 9.59 Å². The van der Waals surface area contributed by atoms with Crippen LogP contribution in [-0.2, 0) is 14.3 Å². The third kappa shape index (κ3) is 2.68. The molecule has 21 heavy (non-hydrogen) atoms. The molecule has 0 radical (unpaired) electrons. The molecule has 1 N–H and O–H groups in total. The van der Waals surface area contributed by atoms with Crippen molar-refractivity contribution in [3.8, 4) is 0 Å². The predicted molar refractivity (Wildman–Crippen MR) is 80.8 cm³/mol. The summed E-state index contributed by atoms with van der Waals surface area (Å²) in [6, 6.07) is -0.389. The summed E-state index contributed by atoms with van der Waals surface area (Å²) in [7, 11) is 0. The van der Waals surface area contributed by atoms with Gasteiger partial charge in [-0.1, -0.05) is 20.8 Å². The SMILES string of the molecule is CCC1(C)NC(=O)C(C(C)C)N(C2(C)CCOCC2)C1=O. The Morgan fingerprint density at radius 3 is 2.33 bits per heavy atom. The molecule has 2 aliphatic heterocycles. The predicted octanol–water partition coefficient (Wildman–Crippen LogP) is 1.71. The van der Waals surface area contributed by atoms with E-state index in [4.69, 9.17) is 4.74 Å². The summed E-state index contributed by atoms with van der Waals surface area (Å²) in [5, 5.41) is 2.95. The number of piperazine rings is 1. The molecule has 2 amide bonds. The second-order valence-corrected chi connectivity index (χ2v) is 7.15. The molecule has 5 nitrogen and oxygen atoms in total. The van der Waals surface area contributed by atoms with Crippen LogP contribution < -0.4 is 5.32 Å². The first-order valence-electron chi connectivity index (χ1n) is 7.99. The molecule has 2 saturated heterocycles. The Morgan fingerprint density at radius 1 is 1.29 bits per heavy atom. The van der Waals surface area contributed by atoms with E-state index in [-0.39, 0.29) is 29.3 Å². The molecule has 120 valence electrons. The molecule has 0 saturated carbocycles. The fourth-order valence-electron chi connectivity index (χ4n) is 3.38. The van der Waals surface area contributed by atoms with Gasteiger partial charge in [-0.15, -0.1) is 0 Å². The highest BCUT2D eigenvalue weighted by atomic mass is 16.5. The molecule has 2 atom stereocenters. The van der Waals surface area contributed by atoms with Gasteiger partial charge in [0, 0.05) is 18.8 Å². The summed E-state index contributed by atoms with van der Waals surface area (Å²) in [5.74, 6) is 0.115. The average Bonchev–Trinajstić information content (AvgIpc) is 2.42. The van der Waals surface area contributed by atoms with Crippen molar-refractivity contribution >= 4 is 11.8 Å². The van der Waals surface area contributed by atoms with Gasteiger partial charge in [0.2, 0.25) is 11.8 Å². The van der Waals surface area contributed by atoms with E-state index < -0.39 is 5.54 Å². The standard InChI is InChI=1S/C16H28N2O3/c1-6-16(5)14(20)18(12(11(2)3)13(19)17-16)15(4)7-9-21-10-8-15/h11-12H,6-10H2,1-5H3,(H,17,19). The third-order valence-electron chi connectivity index (χ3n) is 5.13. The van der Waals surface area contributed by atoms with E-state index in [9.17, 15) is 9.59 Å². The van der Waals surface area contributed by atoms with Crippen LogP contribution in [0.2, 0.25) is 0 Å². The molecule has 0 bridgehead atoms. The van der Waals surface area contributed by atoms with Crippen LogP contribution in [0.25, 0.3) is 0 Å². The number of ether oxygens (including phenoxy) is 1. The number of nitrogens with one attached hydrogen (secondary N) is 1. The Bertz CT molecular complexity index is 429. The Labute approximate surface area is 127 Å². The van der Waals surface area contributed by atoms with E-state index >= 15 is 0 Å². The second-order valence-electron chi connectivity index (χ2n) is 7.15. The van der Waals surface area contributed by atoms with Crippen LogP contribution in [0.4, 0.5) is 0 Å². The number of hydrogen-bond donors (Lipinski definition) is 1. The molecular weight excluding hydrogens is 268 g/mol. The molecule has 2 unspecified atom stereocenters. The minimum absolute atomic E-state index is 0.0262. The fraction of sp³-hybridized carbons (Fsp3) is 0.875. The van der Waals surface area contributed by atoms with Gasteiger partial charge in [0.05, 0.1) is 0 Å². The molecule has 2 heterocycles. The van der Waals surface area contributed by atoms with Crippen LogP contribution >= 0.6 is 0 Å². The molecule has 2 fully saturated rings. The smallest absolute Gasteiger partial charge is 0.249 e.